The summed E-state index contributed by atoms with van der Waals surface area (Å²) in [4.78, 5) is 11.3. The summed E-state index contributed by atoms with van der Waals surface area (Å²) in [6, 6.07) is 5.10. The Hall–Kier alpha value is -1.58. The summed E-state index contributed by atoms with van der Waals surface area (Å²) in [6.07, 6.45) is 2.10. The normalized spacial score (nSPS) is 14.6. The minimum absolute atomic E-state index is 0.220. The third-order valence-corrected chi connectivity index (χ3v) is 2.56. The lowest BCUT2D eigenvalue weighted by molar-refractivity contribution is 0.240. The van der Waals surface area contributed by atoms with E-state index in [0.29, 0.717) is 11.6 Å². The molecule has 86 valence electrons. The lowest BCUT2D eigenvalue weighted by atomic mass is 10.1. The van der Waals surface area contributed by atoms with Gasteiger partial charge in [-0.1, -0.05) is 12.1 Å². The lowest BCUT2D eigenvalue weighted by Gasteiger charge is -2.07. The van der Waals surface area contributed by atoms with E-state index in [2.05, 4.69) is 10.6 Å². The molecule has 1 aliphatic rings. The molecule has 3 nitrogen and oxygen atoms in total. The molecule has 0 saturated heterocycles. The average molecular weight is 222 g/mol. The molecule has 0 heterocycles. The quantitative estimate of drug-likeness (QED) is 0.807. The van der Waals surface area contributed by atoms with Crippen molar-refractivity contribution in [2.45, 2.75) is 32.4 Å². The summed E-state index contributed by atoms with van der Waals surface area (Å²) in [6.45, 7) is 2.06. The van der Waals surface area contributed by atoms with Gasteiger partial charge in [-0.25, -0.2) is 9.18 Å². The summed E-state index contributed by atoms with van der Waals surface area (Å²) < 4.78 is 13.4. The number of rotatable bonds is 3. The number of nitrogens with one attached hydrogen (secondary N) is 2. The van der Waals surface area contributed by atoms with Crippen molar-refractivity contribution >= 4 is 6.03 Å². The molecule has 0 atom stereocenters. The van der Waals surface area contributed by atoms with Gasteiger partial charge in [0.15, 0.2) is 0 Å². The molecule has 0 spiro atoms. The standard InChI is InChI=1S/C12H15FN2O/c1-8-2-3-9(11(13)6-8)7-14-12(16)15-10-4-5-10/h2-3,6,10H,4-5,7H2,1H3,(H2,14,15,16). The zero-order valence-corrected chi connectivity index (χ0v) is 9.22. The number of urea groups is 1. The molecular weight excluding hydrogens is 207 g/mol. The number of aryl methyl sites for hydroxylation is 1. The van der Waals surface area contributed by atoms with Crippen molar-refractivity contribution in [3.8, 4) is 0 Å². The Bertz CT molecular complexity index is 402. The van der Waals surface area contributed by atoms with E-state index in [1.54, 1.807) is 6.07 Å². The van der Waals surface area contributed by atoms with E-state index < -0.39 is 0 Å². The highest BCUT2D eigenvalue weighted by Gasteiger charge is 2.22. The summed E-state index contributed by atoms with van der Waals surface area (Å²) >= 11 is 0. The number of carbonyl (C=O) groups is 1. The van der Waals surface area contributed by atoms with Crippen LogP contribution in [0.4, 0.5) is 9.18 Å². The Balaban J connectivity index is 1.85. The maximum absolute atomic E-state index is 13.4. The smallest absolute Gasteiger partial charge is 0.315 e. The van der Waals surface area contributed by atoms with E-state index >= 15 is 0 Å². The van der Waals surface area contributed by atoms with Crippen LogP contribution in [0.5, 0.6) is 0 Å². The number of benzene rings is 1. The van der Waals surface area contributed by atoms with E-state index in [1.807, 2.05) is 13.0 Å². The van der Waals surface area contributed by atoms with E-state index in [1.165, 1.54) is 6.07 Å². The van der Waals surface area contributed by atoms with Crippen molar-refractivity contribution in [1.82, 2.24) is 10.6 Å². The molecule has 0 aromatic heterocycles. The van der Waals surface area contributed by atoms with Gasteiger partial charge in [0.2, 0.25) is 0 Å². The van der Waals surface area contributed by atoms with Crippen LogP contribution in [-0.4, -0.2) is 12.1 Å². The second-order valence-electron chi connectivity index (χ2n) is 4.20. The monoisotopic (exact) mass is 222 g/mol. The minimum Gasteiger partial charge on any atom is -0.335 e. The first-order valence-corrected chi connectivity index (χ1v) is 5.44. The number of hydrogen-bond acceptors (Lipinski definition) is 1. The molecule has 0 bridgehead atoms. The Morgan fingerprint density at radius 1 is 1.50 bits per heavy atom. The average Bonchev–Trinajstić information content (AvgIpc) is 3.00. The van der Waals surface area contributed by atoms with Crippen molar-refractivity contribution in [1.29, 1.82) is 0 Å². The summed E-state index contributed by atoms with van der Waals surface area (Å²) in [5.74, 6) is -0.272. The molecule has 2 N–H and O–H groups in total. The third kappa shape index (κ3) is 2.95. The van der Waals surface area contributed by atoms with E-state index in [0.717, 1.165) is 18.4 Å². The van der Waals surface area contributed by atoms with Gasteiger partial charge in [0.25, 0.3) is 0 Å². The fourth-order valence-electron chi connectivity index (χ4n) is 1.44. The summed E-state index contributed by atoms with van der Waals surface area (Å²) in [5.41, 5.74) is 1.39. The van der Waals surface area contributed by atoms with Gasteiger partial charge in [-0.3, -0.25) is 0 Å². The van der Waals surface area contributed by atoms with Gasteiger partial charge < -0.3 is 10.6 Å². The van der Waals surface area contributed by atoms with Gasteiger partial charge >= 0.3 is 6.03 Å². The molecule has 2 rings (SSSR count). The SMILES string of the molecule is Cc1ccc(CNC(=O)NC2CC2)c(F)c1. The second-order valence-corrected chi connectivity index (χ2v) is 4.20. The van der Waals surface area contributed by atoms with Crippen LogP contribution in [0, 0.1) is 12.7 Å². The third-order valence-electron chi connectivity index (χ3n) is 2.56. The highest BCUT2D eigenvalue weighted by atomic mass is 19.1. The van der Waals surface area contributed by atoms with Gasteiger partial charge in [0.05, 0.1) is 0 Å². The van der Waals surface area contributed by atoms with Crippen molar-refractivity contribution in [3.63, 3.8) is 0 Å². The Morgan fingerprint density at radius 3 is 2.88 bits per heavy atom. The minimum atomic E-state index is -0.272. The van der Waals surface area contributed by atoms with Gasteiger partial charge in [-0.05, 0) is 31.4 Å². The molecule has 0 radical (unpaired) electrons. The van der Waals surface area contributed by atoms with Crippen LogP contribution < -0.4 is 10.6 Å². The highest BCUT2D eigenvalue weighted by Crippen LogP contribution is 2.18. The number of hydrogen-bond donors (Lipinski definition) is 2. The van der Waals surface area contributed by atoms with E-state index in [9.17, 15) is 9.18 Å². The Morgan fingerprint density at radius 2 is 2.25 bits per heavy atom. The maximum atomic E-state index is 13.4. The molecule has 1 saturated carbocycles. The highest BCUT2D eigenvalue weighted by molar-refractivity contribution is 5.74. The summed E-state index contributed by atoms with van der Waals surface area (Å²) in [7, 11) is 0. The van der Waals surface area contributed by atoms with Gasteiger partial charge in [-0.15, -0.1) is 0 Å². The zero-order valence-electron chi connectivity index (χ0n) is 9.22. The molecule has 2 amide bonds. The largest absolute Gasteiger partial charge is 0.335 e. The van der Waals surface area contributed by atoms with Crippen LogP contribution in [-0.2, 0) is 6.54 Å². The molecule has 0 unspecified atom stereocenters. The van der Waals surface area contributed by atoms with Crippen molar-refractivity contribution < 1.29 is 9.18 Å². The van der Waals surface area contributed by atoms with Gasteiger partial charge in [0, 0.05) is 18.2 Å². The second kappa shape index (κ2) is 4.51. The Kier molecular flexibility index (Phi) is 3.08. The predicted molar refractivity (Wildman–Crippen MR) is 59.5 cm³/mol. The fraction of sp³-hybridized carbons (Fsp3) is 0.417. The first-order valence-electron chi connectivity index (χ1n) is 5.44. The van der Waals surface area contributed by atoms with Gasteiger partial charge in [0.1, 0.15) is 5.82 Å². The van der Waals surface area contributed by atoms with Crippen LogP contribution in [0.1, 0.15) is 24.0 Å². The zero-order chi connectivity index (χ0) is 11.5. The number of carbonyl (C=O) groups excluding carboxylic acids is 1. The molecule has 4 heteroatoms. The lowest BCUT2D eigenvalue weighted by Crippen LogP contribution is -2.36. The van der Waals surface area contributed by atoms with E-state index in [4.69, 9.17) is 0 Å². The van der Waals surface area contributed by atoms with E-state index in [-0.39, 0.29) is 18.4 Å². The molecule has 16 heavy (non-hydrogen) atoms. The molecule has 1 aromatic carbocycles. The molecule has 1 aromatic rings. The van der Waals surface area contributed by atoms with Crippen LogP contribution in [0.15, 0.2) is 18.2 Å². The number of amides is 2. The fourth-order valence-corrected chi connectivity index (χ4v) is 1.44. The first kappa shape index (κ1) is 10.9. The molecule has 1 aliphatic carbocycles. The molecule has 0 aliphatic heterocycles. The van der Waals surface area contributed by atoms with Crippen LogP contribution in [0.2, 0.25) is 0 Å². The van der Waals surface area contributed by atoms with Crippen molar-refractivity contribution in [3.05, 3.63) is 35.1 Å². The maximum Gasteiger partial charge on any atom is 0.315 e. The van der Waals surface area contributed by atoms with Crippen molar-refractivity contribution in [2.75, 3.05) is 0 Å². The molecular formula is C12H15FN2O. The van der Waals surface area contributed by atoms with Crippen LogP contribution >= 0.6 is 0 Å². The van der Waals surface area contributed by atoms with Crippen LogP contribution in [0.3, 0.4) is 0 Å². The topological polar surface area (TPSA) is 41.1 Å². The number of halogens is 1. The Labute approximate surface area is 94.0 Å². The summed E-state index contributed by atoms with van der Waals surface area (Å²) in [5, 5.41) is 5.42. The predicted octanol–water partition coefficient (Wildman–Crippen LogP) is 2.10. The van der Waals surface area contributed by atoms with Crippen molar-refractivity contribution in [2.24, 2.45) is 0 Å². The van der Waals surface area contributed by atoms with Crippen LogP contribution in [0.25, 0.3) is 0 Å². The van der Waals surface area contributed by atoms with Gasteiger partial charge in [-0.2, -0.15) is 0 Å². The molecule has 1 fully saturated rings. The first-order chi connectivity index (χ1) is 7.65.